The highest BCUT2D eigenvalue weighted by molar-refractivity contribution is 6.32. The number of anilines is 1. The lowest BCUT2D eigenvalue weighted by molar-refractivity contribution is 0.0679. The molecule has 2 atom stereocenters. The van der Waals surface area contributed by atoms with Gasteiger partial charge in [-0.05, 0) is 43.5 Å². The van der Waals surface area contributed by atoms with Crippen molar-refractivity contribution >= 4 is 23.3 Å². The summed E-state index contributed by atoms with van der Waals surface area (Å²) in [5.41, 5.74) is 2.73. The van der Waals surface area contributed by atoms with E-state index in [1.165, 1.54) is 6.07 Å². The van der Waals surface area contributed by atoms with Gasteiger partial charge in [-0.2, -0.15) is 0 Å². The van der Waals surface area contributed by atoms with Crippen LogP contribution in [0.15, 0.2) is 30.3 Å². The molecule has 4 rings (SSSR count). The Morgan fingerprint density at radius 1 is 1.29 bits per heavy atom. The zero-order valence-electron chi connectivity index (χ0n) is 15.7. The molecule has 1 aliphatic heterocycles. The van der Waals surface area contributed by atoms with Crippen LogP contribution in [0.1, 0.15) is 43.0 Å². The average Bonchev–Trinajstić information content (AvgIpc) is 2.99. The van der Waals surface area contributed by atoms with Crippen molar-refractivity contribution in [2.75, 3.05) is 5.32 Å². The molecule has 2 aliphatic rings. The summed E-state index contributed by atoms with van der Waals surface area (Å²) < 4.78 is 19.7. The van der Waals surface area contributed by atoms with Gasteiger partial charge in [-0.25, -0.2) is 9.18 Å². The number of benzene rings is 2. The summed E-state index contributed by atoms with van der Waals surface area (Å²) in [5.74, 6) is -0.285. The lowest BCUT2D eigenvalue weighted by atomic mass is 9.89. The maximum atomic E-state index is 13.9. The fourth-order valence-corrected chi connectivity index (χ4v) is 4.25. The summed E-state index contributed by atoms with van der Waals surface area (Å²) in [7, 11) is 0. The number of hydrogen-bond donors (Lipinski definition) is 3. The van der Waals surface area contributed by atoms with E-state index in [-0.39, 0.29) is 22.8 Å². The fourth-order valence-electron chi connectivity index (χ4n) is 4.04. The third-order valence-corrected chi connectivity index (χ3v) is 5.60. The fraction of sp³-hybridized carbons (Fsp3) is 0.381. The number of halogens is 2. The maximum Gasteiger partial charge on any atom is 0.319 e. The van der Waals surface area contributed by atoms with Gasteiger partial charge in [-0.1, -0.05) is 29.8 Å². The van der Waals surface area contributed by atoms with Crippen LogP contribution in [0.25, 0.3) is 0 Å². The Morgan fingerprint density at radius 3 is 2.86 bits per heavy atom. The van der Waals surface area contributed by atoms with Gasteiger partial charge < -0.3 is 20.5 Å². The third-order valence-electron chi connectivity index (χ3n) is 5.25. The minimum atomic E-state index is -0.611. The highest BCUT2D eigenvalue weighted by atomic mass is 35.5. The quantitative estimate of drug-likeness (QED) is 0.696. The van der Waals surface area contributed by atoms with Crippen molar-refractivity contribution in [1.82, 2.24) is 5.32 Å². The molecule has 0 saturated heterocycles. The molecule has 0 radical (unpaired) electrons. The van der Waals surface area contributed by atoms with E-state index < -0.39 is 17.5 Å². The molecule has 1 heterocycles. The van der Waals surface area contributed by atoms with Crippen molar-refractivity contribution in [2.24, 2.45) is 0 Å². The number of rotatable bonds is 2. The molecule has 0 unspecified atom stereocenters. The standard InChI is InChI=1S/C21H22ClFN2O3/c1-21(2)10-17(13-6-7-15(23)18(22)19(13)28-21)25-20(27)24-16-5-3-4-11-8-12(26)9-14(11)16/h3-7,12,17,26H,8-10H2,1-2H3,(H2,24,25,27)/t12-,17+/m0/s1. The predicted octanol–water partition coefficient (Wildman–Crippen LogP) is 4.36. The molecule has 0 saturated carbocycles. The molecule has 0 aromatic heterocycles. The second-order valence-corrected chi connectivity index (χ2v) is 8.38. The molecule has 0 fully saturated rings. The SMILES string of the molecule is CC1(C)C[C@@H](NC(=O)Nc2cccc3c2C[C@@H](O)C3)c2ccc(F)c(Cl)c2O1. The normalized spacial score (nSPS) is 22.0. The molecule has 0 bridgehead atoms. The number of carbonyl (C=O) groups excluding carboxylic acids is 1. The van der Waals surface area contributed by atoms with E-state index in [2.05, 4.69) is 10.6 Å². The van der Waals surface area contributed by atoms with Crippen LogP contribution in [0.5, 0.6) is 5.75 Å². The van der Waals surface area contributed by atoms with Gasteiger partial charge in [0.05, 0.1) is 12.1 Å². The Balaban J connectivity index is 1.56. The number of hydrogen-bond acceptors (Lipinski definition) is 3. The zero-order valence-corrected chi connectivity index (χ0v) is 16.4. The molecular weight excluding hydrogens is 383 g/mol. The molecule has 148 valence electrons. The smallest absolute Gasteiger partial charge is 0.319 e. The minimum absolute atomic E-state index is 0.0765. The van der Waals surface area contributed by atoms with Crippen LogP contribution in [0.3, 0.4) is 0 Å². The number of ether oxygens (including phenoxy) is 1. The molecule has 1 aliphatic carbocycles. The monoisotopic (exact) mass is 404 g/mol. The van der Waals surface area contributed by atoms with Crippen LogP contribution in [-0.4, -0.2) is 22.8 Å². The number of carbonyl (C=O) groups is 1. The van der Waals surface area contributed by atoms with Crippen LogP contribution in [0, 0.1) is 5.82 Å². The topological polar surface area (TPSA) is 70.6 Å². The van der Waals surface area contributed by atoms with Gasteiger partial charge in [0.1, 0.15) is 22.2 Å². The van der Waals surface area contributed by atoms with Crippen molar-refractivity contribution < 1.29 is 19.0 Å². The van der Waals surface area contributed by atoms with Gasteiger partial charge in [0, 0.05) is 24.1 Å². The summed E-state index contributed by atoms with van der Waals surface area (Å²) in [6.45, 7) is 3.74. The van der Waals surface area contributed by atoms with Crippen molar-refractivity contribution in [1.29, 1.82) is 0 Å². The van der Waals surface area contributed by atoms with E-state index >= 15 is 0 Å². The lowest BCUT2D eigenvalue weighted by Crippen LogP contribution is -2.42. The second-order valence-electron chi connectivity index (χ2n) is 8.00. The molecule has 3 N–H and O–H groups in total. The van der Waals surface area contributed by atoms with Crippen molar-refractivity contribution in [3.8, 4) is 5.75 Å². The van der Waals surface area contributed by atoms with E-state index in [0.29, 0.717) is 30.5 Å². The first-order valence-corrected chi connectivity index (χ1v) is 9.64. The molecule has 7 heteroatoms. The summed E-state index contributed by atoms with van der Waals surface area (Å²) >= 11 is 6.10. The van der Waals surface area contributed by atoms with Gasteiger partial charge in [0.15, 0.2) is 0 Å². The highest BCUT2D eigenvalue weighted by Crippen LogP contribution is 2.44. The van der Waals surface area contributed by atoms with E-state index in [1.54, 1.807) is 6.07 Å². The lowest BCUT2D eigenvalue weighted by Gasteiger charge is -2.38. The summed E-state index contributed by atoms with van der Waals surface area (Å²) in [4.78, 5) is 12.7. The number of aliphatic hydroxyl groups is 1. The number of fused-ring (bicyclic) bond motifs is 2. The maximum absolute atomic E-state index is 13.9. The van der Waals surface area contributed by atoms with Gasteiger partial charge in [-0.15, -0.1) is 0 Å². The van der Waals surface area contributed by atoms with E-state index in [1.807, 2.05) is 32.0 Å². The van der Waals surface area contributed by atoms with Crippen molar-refractivity contribution in [3.63, 3.8) is 0 Å². The number of amides is 2. The summed E-state index contributed by atoms with van der Waals surface area (Å²) in [6.07, 6.45) is 1.22. The van der Waals surface area contributed by atoms with Gasteiger partial charge >= 0.3 is 6.03 Å². The van der Waals surface area contributed by atoms with Gasteiger partial charge in [0.2, 0.25) is 0 Å². The Kier molecular flexibility index (Phi) is 4.71. The summed E-state index contributed by atoms with van der Waals surface area (Å²) in [5, 5.41) is 15.7. The Hall–Kier alpha value is -2.31. The van der Waals surface area contributed by atoms with Crippen molar-refractivity contribution in [2.45, 2.75) is 50.9 Å². The van der Waals surface area contributed by atoms with Crippen molar-refractivity contribution in [3.05, 3.63) is 57.9 Å². The predicted molar refractivity (Wildman–Crippen MR) is 105 cm³/mol. The van der Waals surface area contributed by atoms with E-state index in [9.17, 15) is 14.3 Å². The number of aliphatic hydroxyl groups excluding tert-OH is 1. The third kappa shape index (κ3) is 3.54. The number of urea groups is 1. The first-order valence-electron chi connectivity index (χ1n) is 9.27. The molecule has 0 spiro atoms. The van der Waals surface area contributed by atoms with Gasteiger partial charge in [-0.3, -0.25) is 0 Å². The summed E-state index contributed by atoms with van der Waals surface area (Å²) in [6, 6.07) is 7.77. The van der Waals surface area contributed by atoms with E-state index in [4.69, 9.17) is 16.3 Å². The molecule has 2 amide bonds. The highest BCUT2D eigenvalue weighted by Gasteiger charge is 2.36. The average molecular weight is 405 g/mol. The van der Waals surface area contributed by atoms with E-state index in [0.717, 1.165) is 11.1 Å². The first kappa shape index (κ1) is 19.0. The zero-order chi connectivity index (χ0) is 20.1. The molecule has 2 aromatic rings. The number of nitrogens with one attached hydrogen (secondary N) is 2. The largest absolute Gasteiger partial charge is 0.486 e. The first-order chi connectivity index (χ1) is 13.2. The Morgan fingerprint density at radius 2 is 2.07 bits per heavy atom. The second kappa shape index (κ2) is 6.94. The Bertz CT molecular complexity index is 947. The van der Waals surface area contributed by atoms with Crippen LogP contribution in [0.2, 0.25) is 5.02 Å². The molecule has 5 nitrogen and oxygen atoms in total. The molecule has 2 aromatic carbocycles. The van der Waals surface area contributed by atoms with Crippen LogP contribution < -0.4 is 15.4 Å². The molecular formula is C21H22ClFN2O3. The Labute approximate surface area is 167 Å². The van der Waals surface area contributed by atoms with Crippen LogP contribution in [0.4, 0.5) is 14.9 Å². The van der Waals surface area contributed by atoms with Gasteiger partial charge in [0.25, 0.3) is 0 Å². The minimum Gasteiger partial charge on any atom is -0.486 e. The van der Waals surface area contributed by atoms with Crippen LogP contribution in [-0.2, 0) is 12.8 Å². The van der Waals surface area contributed by atoms with Crippen LogP contribution >= 0.6 is 11.6 Å². The molecule has 28 heavy (non-hydrogen) atoms.